The van der Waals surface area contributed by atoms with Crippen molar-refractivity contribution in [1.29, 1.82) is 0 Å². The number of amides is 1. The lowest BCUT2D eigenvalue weighted by Crippen LogP contribution is -2.42. The van der Waals surface area contributed by atoms with Gasteiger partial charge in [0.25, 0.3) is 0 Å². The van der Waals surface area contributed by atoms with Crippen LogP contribution in [0, 0.1) is 11.6 Å². The molecule has 10 heteroatoms. The van der Waals surface area contributed by atoms with Crippen molar-refractivity contribution in [2.45, 2.75) is 51.5 Å². The van der Waals surface area contributed by atoms with Crippen LogP contribution in [0.1, 0.15) is 50.4 Å². The van der Waals surface area contributed by atoms with Crippen molar-refractivity contribution < 1.29 is 32.5 Å². The molecule has 0 aromatic heterocycles. The molecular weight excluding hydrogens is 628 g/mol. The number of fused-ring (bicyclic) bond motifs is 1. The van der Waals surface area contributed by atoms with Crippen LogP contribution in [0.4, 0.5) is 8.78 Å². The molecule has 3 aromatic rings. The quantitative estimate of drug-likeness (QED) is 0.138. The molecule has 0 saturated carbocycles. The number of carbonyl (C=O) groups is 1. The van der Waals surface area contributed by atoms with Crippen LogP contribution in [0.15, 0.2) is 51.8 Å². The van der Waals surface area contributed by atoms with Gasteiger partial charge in [0.2, 0.25) is 5.91 Å². The van der Waals surface area contributed by atoms with Crippen molar-refractivity contribution in [3.8, 4) is 23.0 Å². The Morgan fingerprint density at radius 3 is 2.14 bits per heavy atom. The van der Waals surface area contributed by atoms with E-state index in [1.54, 1.807) is 0 Å². The highest BCUT2D eigenvalue weighted by atomic mass is 79.9. The summed E-state index contributed by atoms with van der Waals surface area (Å²) in [4.78, 5) is 15.6. The van der Waals surface area contributed by atoms with Crippen LogP contribution in [0.2, 0.25) is 0 Å². The van der Waals surface area contributed by atoms with Gasteiger partial charge < -0.3 is 23.8 Å². The fourth-order valence-corrected chi connectivity index (χ4v) is 6.19. The van der Waals surface area contributed by atoms with Gasteiger partial charge in [-0.25, -0.2) is 8.78 Å². The van der Waals surface area contributed by atoms with Crippen LogP contribution in [-0.4, -0.2) is 49.5 Å². The lowest BCUT2D eigenvalue weighted by atomic mass is 9.88. The Hall–Kier alpha value is -2.98. The molecule has 0 spiro atoms. The Labute approximate surface area is 258 Å². The van der Waals surface area contributed by atoms with Gasteiger partial charge >= 0.3 is 0 Å². The zero-order valence-electron chi connectivity index (χ0n) is 24.3. The van der Waals surface area contributed by atoms with Crippen molar-refractivity contribution in [1.82, 2.24) is 4.90 Å². The van der Waals surface area contributed by atoms with Gasteiger partial charge in [0, 0.05) is 11.4 Å². The Morgan fingerprint density at radius 1 is 0.857 bits per heavy atom. The molecule has 1 amide bonds. The minimum Gasteiger partial charge on any atom is -0.490 e. The maximum absolute atomic E-state index is 14.5. The maximum atomic E-state index is 14.5. The van der Waals surface area contributed by atoms with Gasteiger partial charge in [-0.3, -0.25) is 4.79 Å². The molecule has 1 aliphatic heterocycles. The average Bonchev–Trinajstić information content (AvgIpc) is 2.96. The topological polar surface area (TPSA) is 57.2 Å². The van der Waals surface area contributed by atoms with Gasteiger partial charge in [-0.2, -0.15) is 0 Å². The van der Waals surface area contributed by atoms with Gasteiger partial charge in [0.1, 0.15) is 11.6 Å². The highest BCUT2D eigenvalue weighted by molar-refractivity contribution is 9.10. The van der Waals surface area contributed by atoms with E-state index in [1.165, 1.54) is 0 Å². The molecule has 6 nitrogen and oxygen atoms in total. The molecule has 4 rings (SSSR count). The predicted octanol–water partition coefficient (Wildman–Crippen LogP) is 7.78. The fraction of sp³-hybridized carbons (Fsp3) is 0.406. The Balaban J connectivity index is 1.69. The van der Waals surface area contributed by atoms with Gasteiger partial charge in [0.05, 0.1) is 42.7 Å². The Morgan fingerprint density at radius 2 is 1.48 bits per heavy atom. The van der Waals surface area contributed by atoms with Crippen molar-refractivity contribution >= 4 is 33.6 Å². The van der Waals surface area contributed by atoms with E-state index in [1.807, 2.05) is 62.9 Å². The first-order valence-electron chi connectivity index (χ1n) is 14.2. The molecule has 1 heterocycles. The second-order valence-corrected chi connectivity index (χ2v) is 11.4. The number of hydrogen-bond donors (Lipinski definition) is 0. The maximum Gasteiger partial charge on any atom is 0.233 e. The number of carbonyl (C=O) groups excluding carboxylic acids is 1. The lowest BCUT2D eigenvalue weighted by molar-refractivity contribution is -0.131. The summed E-state index contributed by atoms with van der Waals surface area (Å²) < 4.78 is 52.0. The number of halogens is 3. The molecule has 1 aliphatic rings. The summed E-state index contributed by atoms with van der Waals surface area (Å²) in [5.74, 6) is 1.26. The molecule has 3 aromatic carbocycles. The molecule has 0 bridgehead atoms. The first kappa shape index (κ1) is 31.9. The highest BCUT2D eigenvalue weighted by Gasteiger charge is 2.33. The van der Waals surface area contributed by atoms with Gasteiger partial charge in [0.15, 0.2) is 23.0 Å². The minimum absolute atomic E-state index is 0.0351. The monoisotopic (exact) mass is 663 g/mol. The largest absolute Gasteiger partial charge is 0.490 e. The van der Waals surface area contributed by atoms with Crippen molar-refractivity contribution in [2.75, 3.05) is 38.7 Å². The van der Waals surface area contributed by atoms with E-state index in [-0.39, 0.29) is 27.1 Å². The van der Waals surface area contributed by atoms with E-state index >= 15 is 0 Å². The standard InChI is InChI=1S/C32H36BrF2NO5S/c1-5-38-27-10-9-20(14-28(27)39-6-2)13-26-22-16-30(41-8-4)29(40-7-3)15-21(22)11-12-36(26)32(37)19-42-31-18-24(34)23(33)17-25(31)35/h9-10,14-18,26H,5-8,11-13,19H2,1-4H3. The first-order valence-corrected chi connectivity index (χ1v) is 15.9. The van der Waals surface area contributed by atoms with Crippen molar-refractivity contribution in [3.63, 3.8) is 0 Å². The molecule has 226 valence electrons. The van der Waals surface area contributed by atoms with E-state index < -0.39 is 11.6 Å². The Kier molecular flexibility index (Phi) is 11.4. The van der Waals surface area contributed by atoms with E-state index in [4.69, 9.17) is 18.9 Å². The first-order chi connectivity index (χ1) is 20.3. The summed E-state index contributed by atoms with van der Waals surface area (Å²) >= 11 is 3.99. The number of rotatable bonds is 13. The summed E-state index contributed by atoms with van der Waals surface area (Å²) in [6.45, 7) is 10.1. The predicted molar refractivity (Wildman–Crippen MR) is 164 cm³/mol. The second kappa shape index (κ2) is 15.0. The lowest BCUT2D eigenvalue weighted by Gasteiger charge is -2.38. The average molecular weight is 665 g/mol. The van der Waals surface area contributed by atoms with Gasteiger partial charge in [-0.05, 0) is 110 Å². The summed E-state index contributed by atoms with van der Waals surface area (Å²) in [6, 6.07) is 11.7. The van der Waals surface area contributed by atoms with Crippen molar-refractivity contribution in [3.05, 3.63) is 75.3 Å². The third-order valence-corrected chi connectivity index (χ3v) is 8.47. The summed E-state index contributed by atoms with van der Waals surface area (Å²) in [5.41, 5.74) is 3.03. The molecule has 0 saturated heterocycles. The van der Waals surface area contributed by atoms with Crippen LogP contribution < -0.4 is 18.9 Å². The van der Waals surface area contributed by atoms with Crippen molar-refractivity contribution in [2.24, 2.45) is 0 Å². The number of hydrogen-bond acceptors (Lipinski definition) is 6. The number of thioether (sulfide) groups is 1. The van der Waals surface area contributed by atoms with E-state index in [9.17, 15) is 13.6 Å². The van der Waals surface area contributed by atoms with Crippen LogP contribution in [0.5, 0.6) is 23.0 Å². The number of ether oxygens (including phenoxy) is 4. The molecule has 0 N–H and O–H groups in total. The minimum atomic E-state index is -0.579. The van der Waals surface area contributed by atoms with Crippen LogP contribution in [0.25, 0.3) is 0 Å². The molecule has 0 fully saturated rings. The van der Waals surface area contributed by atoms with E-state index in [0.717, 1.165) is 40.6 Å². The van der Waals surface area contributed by atoms with Gasteiger partial charge in [-0.15, -0.1) is 11.8 Å². The third-order valence-electron chi connectivity index (χ3n) is 6.85. The molecule has 1 unspecified atom stereocenters. The summed E-state index contributed by atoms with van der Waals surface area (Å²) in [7, 11) is 0. The highest BCUT2D eigenvalue weighted by Crippen LogP contribution is 2.41. The van der Waals surface area contributed by atoms with Crippen LogP contribution >= 0.6 is 27.7 Å². The third kappa shape index (κ3) is 7.50. The Bertz CT molecular complexity index is 1410. The number of benzene rings is 3. The van der Waals surface area contributed by atoms with E-state index in [2.05, 4.69) is 15.9 Å². The molecular formula is C32H36BrF2NO5S. The summed E-state index contributed by atoms with van der Waals surface area (Å²) in [6.07, 6.45) is 1.14. The molecule has 0 aliphatic carbocycles. The zero-order valence-corrected chi connectivity index (χ0v) is 26.7. The second-order valence-electron chi connectivity index (χ2n) is 9.55. The van der Waals surface area contributed by atoms with Crippen LogP contribution in [0.3, 0.4) is 0 Å². The normalized spacial score (nSPS) is 14.4. The number of nitrogens with zero attached hydrogens (tertiary/aromatic N) is 1. The van der Waals surface area contributed by atoms with Crippen LogP contribution in [-0.2, 0) is 17.6 Å². The fourth-order valence-electron chi connectivity index (χ4n) is 5.05. The van der Waals surface area contributed by atoms with Gasteiger partial charge in [-0.1, -0.05) is 6.07 Å². The SMILES string of the molecule is CCOc1ccc(CC2c3cc(OCC)c(OCC)cc3CCN2C(=O)CSc2cc(F)c(Br)cc2F)cc1OCC. The smallest absolute Gasteiger partial charge is 0.233 e. The summed E-state index contributed by atoms with van der Waals surface area (Å²) in [5, 5.41) is 0. The molecule has 0 radical (unpaired) electrons. The zero-order chi connectivity index (χ0) is 30.2. The molecule has 1 atom stereocenters. The van der Waals surface area contributed by atoms with E-state index in [0.29, 0.717) is 68.8 Å². The molecule has 42 heavy (non-hydrogen) atoms.